The van der Waals surface area contributed by atoms with E-state index in [1.54, 1.807) is 41.6 Å². The van der Waals surface area contributed by atoms with Crippen LogP contribution in [0.1, 0.15) is 12.0 Å². The Kier molecular flexibility index (Phi) is 7.77. The van der Waals surface area contributed by atoms with Crippen molar-refractivity contribution < 1.29 is 9.90 Å². The lowest BCUT2D eigenvalue weighted by molar-refractivity contribution is -0.140. The molecule has 0 radical (unpaired) electrons. The van der Waals surface area contributed by atoms with Gasteiger partial charge in [0.1, 0.15) is 0 Å². The van der Waals surface area contributed by atoms with Gasteiger partial charge in [-0.05, 0) is 59.7 Å². The number of carbonyl (C=O) groups is 1. The van der Waals surface area contributed by atoms with E-state index in [0.717, 1.165) is 11.1 Å². The van der Waals surface area contributed by atoms with Gasteiger partial charge in [-0.25, -0.2) is 10.5 Å². The minimum Gasteiger partial charge on any atom is -0.481 e. The second kappa shape index (κ2) is 11.2. The standard InChI is InChI=1S/C28H20Cl4N4O2/c29-18-7-9-26(24(32)13-18)36-27(17-6-8-22(30)23(31)12-17)15-19(34-35-36)14-21(28(37)38)20-5-1-3-16-4-2-10-33-25(20)11-16/h1-13,15,21,25,35H,14H2,(H,37,38). The number of nitrogens with one attached hydrogen (secondary N) is 1. The van der Waals surface area contributed by atoms with Gasteiger partial charge in [0.05, 0.1) is 44.1 Å². The number of benzene rings is 2. The van der Waals surface area contributed by atoms with E-state index in [1.807, 2.05) is 48.6 Å². The average Bonchev–Trinajstić information content (AvgIpc) is 3.25. The van der Waals surface area contributed by atoms with Crippen molar-refractivity contribution in [2.45, 2.75) is 12.5 Å². The molecule has 2 unspecified atom stereocenters. The van der Waals surface area contributed by atoms with E-state index in [-0.39, 0.29) is 6.42 Å². The summed E-state index contributed by atoms with van der Waals surface area (Å²) in [4.78, 5) is 17.0. The zero-order valence-corrected chi connectivity index (χ0v) is 22.7. The van der Waals surface area contributed by atoms with E-state index < -0.39 is 17.9 Å². The molecule has 0 spiro atoms. The normalized spacial score (nSPS) is 18.9. The summed E-state index contributed by atoms with van der Waals surface area (Å²) in [5.74, 6) is -1.84. The number of hydrogen-bond acceptors (Lipinski definition) is 5. The molecule has 38 heavy (non-hydrogen) atoms. The fourth-order valence-corrected chi connectivity index (χ4v) is 5.15. The van der Waals surface area contributed by atoms with Crippen molar-refractivity contribution in [3.8, 4) is 0 Å². The number of hydrazine groups is 1. The van der Waals surface area contributed by atoms with Crippen molar-refractivity contribution in [2.75, 3.05) is 5.01 Å². The molecule has 6 nitrogen and oxygen atoms in total. The lowest BCUT2D eigenvalue weighted by Crippen LogP contribution is -2.38. The maximum Gasteiger partial charge on any atom is 0.311 e. The molecule has 0 aromatic heterocycles. The Hall–Kier alpha value is -3.29. The molecule has 2 bridgehead atoms. The molecule has 3 aliphatic rings. The van der Waals surface area contributed by atoms with E-state index in [4.69, 9.17) is 46.4 Å². The third kappa shape index (κ3) is 5.59. The van der Waals surface area contributed by atoms with Crippen LogP contribution in [0.25, 0.3) is 5.70 Å². The van der Waals surface area contributed by atoms with Gasteiger partial charge in [0.25, 0.3) is 0 Å². The van der Waals surface area contributed by atoms with Crippen molar-refractivity contribution in [1.82, 2.24) is 5.53 Å². The van der Waals surface area contributed by atoms with Gasteiger partial charge in [-0.1, -0.05) is 76.8 Å². The van der Waals surface area contributed by atoms with Crippen LogP contribution in [0.4, 0.5) is 5.69 Å². The van der Waals surface area contributed by atoms with Crippen LogP contribution in [0, 0.1) is 5.92 Å². The smallest absolute Gasteiger partial charge is 0.311 e. The summed E-state index contributed by atoms with van der Waals surface area (Å²) in [7, 11) is 0. The molecule has 1 aliphatic carbocycles. The van der Waals surface area contributed by atoms with Crippen LogP contribution in [0.3, 0.4) is 0 Å². The first-order valence-electron chi connectivity index (χ1n) is 11.6. The molecule has 0 fully saturated rings. The SMILES string of the molecule is O=C(O)C(CC1=NNN(c2ccc(Cl)cc2Cl)C(c2ccc(Cl)c(Cl)c2)=C1)C1=CC=CC2=CC1N=CC=C2. The van der Waals surface area contributed by atoms with Gasteiger partial charge < -0.3 is 5.11 Å². The van der Waals surface area contributed by atoms with Crippen LogP contribution in [-0.2, 0) is 4.79 Å². The predicted octanol–water partition coefficient (Wildman–Crippen LogP) is 7.54. The van der Waals surface area contributed by atoms with Gasteiger partial charge in [-0.3, -0.25) is 9.79 Å². The second-order valence-corrected chi connectivity index (χ2v) is 10.3. The van der Waals surface area contributed by atoms with Gasteiger partial charge in [0.15, 0.2) is 0 Å². The fourth-order valence-electron chi connectivity index (χ4n) is 4.36. The third-order valence-electron chi connectivity index (χ3n) is 6.21. The first kappa shape index (κ1) is 26.3. The van der Waals surface area contributed by atoms with E-state index in [2.05, 4.69) is 15.6 Å². The highest BCUT2D eigenvalue weighted by Crippen LogP contribution is 2.36. The number of carboxylic acids is 1. The second-order valence-electron chi connectivity index (χ2n) is 8.68. The van der Waals surface area contributed by atoms with Gasteiger partial charge in [0, 0.05) is 23.2 Å². The summed E-state index contributed by atoms with van der Waals surface area (Å²) >= 11 is 25.1. The zero-order valence-electron chi connectivity index (χ0n) is 19.7. The number of allylic oxidation sites excluding steroid dienone is 7. The number of carboxylic acid groups (broad SMARTS) is 1. The molecule has 2 atom stereocenters. The Morgan fingerprint density at radius 1 is 1.03 bits per heavy atom. The maximum absolute atomic E-state index is 12.5. The number of halogens is 4. The zero-order chi connectivity index (χ0) is 26.8. The third-order valence-corrected chi connectivity index (χ3v) is 7.49. The molecule has 2 N–H and O–H groups in total. The largest absolute Gasteiger partial charge is 0.481 e. The Bertz CT molecular complexity index is 1520. The first-order valence-corrected chi connectivity index (χ1v) is 13.1. The van der Waals surface area contributed by atoms with E-state index in [1.165, 1.54) is 0 Å². The molecular weight excluding hydrogens is 566 g/mol. The van der Waals surface area contributed by atoms with Crippen LogP contribution >= 0.6 is 46.4 Å². The molecule has 2 aliphatic heterocycles. The van der Waals surface area contributed by atoms with Crippen LogP contribution in [-0.4, -0.2) is 29.0 Å². The Labute approximate surface area is 239 Å². The lowest BCUT2D eigenvalue weighted by Gasteiger charge is -2.31. The van der Waals surface area contributed by atoms with E-state index in [9.17, 15) is 9.90 Å². The van der Waals surface area contributed by atoms with Crippen molar-refractivity contribution in [3.05, 3.63) is 116 Å². The monoisotopic (exact) mass is 584 g/mol. The molecule has 2 aromatic carbocycles. The van der Waals surface area contributed by atoms with Gasteiger partial charge in [-0.15, -0.1) is 0 Å². The van der Waals surface area contributed by atoms with E-state index in [0.29, 0.717) is 42.8 Å². The number of fused-ring (bicyclic) bond motifs is 1. The summed E-state index contributed by atoms with van der Waals surface area (Å²) in [6.07, 6.45) is 15.0. The van der Waals surface area contributed by atoms with Gasteiger partial charge in [-0.2, -0.15) is 5.10 Å². The minimum absolute atomic E-state index is 0.123. The molecule has 2 heterocycles. The van der Waals surface area contributed by atoms with Gasteiger partial charge in [0.2, 0.25) is 0 Å². The highest BCUT2D eigenvalue weighted by atomic mass is 35.5. The Balaban J connectivity index is 1.52. The molecule has 10 heteroatoms. The first-order chi connectivity index (χ1) is 18.3. The number of hydrogen-bond donors (Lipinski definition) is 2. The Morgan fingerprint density at radius 2 is 1.84 bits per heavy atom. The summed E-state index contributed by atoms with van der Waals surface area (Å²) in [5.41, 5.74) is 7.14. The molecular formula is C28H20Cl4N4O2. The van der Waals surface area contributed by atoms with Crippen molar-refractivity contribution in [1.29, 1.82) is 0 Å². The van der Waals surface area contributed by atoms with Crippen LogP contribution < -0.4 is 10.5 Å². The quantitative estimate of drug-likeness (QED) is 0.367. The van der Waals surface area contributed by atoms with Crippen LogP contribution in [0.15, 0.2) is 100 Å². The number of aliphatic imine (C=N–C) groups is 1. The molecule has 0 saturated heterocycles. The highest BCUT2D eigenvalue weighted by Gasteiger charge is 2.31. The lowest BCUT2D eigenvalue weighted by atomic mass is 9.87. The van der Waals surface area contributed by atoms with Crippen molar-refractivity contribution >= 4 is 75.7 Å². The van der Waals surface area contributed by atoms with Crippen LogP contribution in [0.2, 0.25) is 20.1 Å². The summed E-state index contributed by atoms with van der Waals surface area (Å²) in [5, 5.41) is 18.1. The summed E-state index contributed by atoms with van der Waals surface area (Å²) < 4.78 is 0. The average molecular weight is 586 g/mol. The fraction of sp³-hybridized carbons (Fsp3) is 0.107. The molecule has 0 saturated carbocycles. The van der Waals surface area contributed by atoms with Crippen molar-refractivity contribution in [3.63, 3.8) is 0 Å². The summed E-state index contributed by atoms with van der Waals surface area (Å²) in [6, 6.07) is 9.94. The maximum atomic E-state index is 12.5. The molecule has 192 valence electrons. The number of rotatable bonds is 6. The van der Waals surface area contributed by atoms with Crippen LogP contribution in [0.5, 0.6) is 0 Å². The molecule has 2 aromatic rings. The number of hydrazone groups is 1. The topological polar surface area (TPSA) is 77.3 Å². The molecule has 0 amide bonds. The number of anilines is 1. The minimum atomic E-state index is -0.968. The Morgan fingerprint density at radius 3 is 2.61 bits per heavy atom. The number of aliphatic carboxylic acids is 1. The number of nitrogens with zero attached hydrogens (tertiary/aromatic N) is 3. The molecule has 5 rings (SSSR count). The summed E-state index contributed by atoms with van der Waals surface area (Å²) in [6.45, 7) is 0. The predicted molar refractivity (Wildman–Crippen MR) is 156 cm³/mol. The van der Waals surface area contributed by atoms with E-state index >= 15 is 0 Å². The highest BCUT2D eigenvalue weighted by molar-refractivity contribution is 6.42. The van der Waals surface area contributed by atoms with Crippen molar-refractivity contribution in [2.24, 2.45) is 16.0 Å². The van der Waals surface area contributed by atoms with Gasteiger partial charge >= 0.3 is 5.97 Å².